The molecule has 0 saturated carbocycles. The maximum atomic E-state index is 12.1. The summed E-state index contributed by atoms with van der Waals surface area (Å²) in [6.45, 7) is 0. The fourth-order valence-corrected chi connectivity index (χ4v) is 4.94. The molecule has 0 fully saturated rings. The minimum Gasteiger partial charge on any atom is -0.481 e. The number of nitrogens with one attached hydrogen (secondary N) is 1. The molecule has 0 aliphatic carbocycles. The molecule has 0 amide bonds. The molecule has 0 aliphatic heterocycles. The molecule has 0 radical (unpaired) electrons. The van der Waals surface area contributed by atoms with E-state index < -0.39 is 16.0 Å². The van der Waals surface area contributed by atoms with Gasteiger partial charge in [0.05, 0.1) is 6.42 Å². The van der Waals surface area contributed by atoms with E-state index >= 15 is 0 Å². The smallest absolute Gasteiger partial charge is 0.307 e. The van der Waals surface area contributed by atoms with Gasteiger partial charge in [0.1, 0.15) is 0 Å². The van der Waals surface area contributed by atoms with Crippen LogP contribution in [0.5, 0.6) is 0 Å². The van der Waals surface area contributed by atoms with Gasteiger partial charge in [-0.05, 0) is 45.1 Å². The predicted octanol–water partition coefficient (Wildman–Crippen LogP) is 2.94. The van der Waals surface area contributed by atoms with E-state index in [9.17, 15) is 13.2 Å². The van der Waals surface area contributed by atoms with E-state index in [1.807, 2.05) is 0 Å². The molecule has 0 aliphatic rings. The quantitative estimate of drug-likeness (QED) is 0.841. The van der Waals surface area contributed by atoms with Gasteiger partial charge in [-0.25, -0.2) is 8.42 Å². The zero-order chi connectivity index (χ0) is 14.8. The Balaban J connectivity index is 2.18. The molecule has 1 aromatic heterocycles. The van der Waals surface area contributed by atoms with Crippen LogP contribution < -0.4 is 4.72 Å². The van der Waals surface area contributed by atoms with Crippen LogP contribution in [-0.2, 0) is 21.2 Å². The lowest BCUT2D eigenvalue weighted by atomic mass is 10.1. The lowest BCUT2D eigenvalue weighted by molar-refractivity contribution is -0.136. The van der Waals surface area contributed by atoms with E-state index in [1.165, 1.54) is 12.1 Å². The van der Waals surface area contributed by atoms with Crippen molar-refractivity contribution in [3.63, 3.8) is 0 Å². The zero-order valence-electron chi connectivity index (χ0n) is 10.0. The van der Waals surface area contributed by atoms with E-state index in [2.05, 4.69) is 20.7 Å². The number of sulfonamides is 1. The summed E-state index contributed by atoms with van der Waals surface area (Å²) in [5, 5.41) is 10.3. The first-order valence-corrected chi connectivity index (χ1v) is 8.60. The van der Waals surface area contributed by atoms with Gasteiger partial charge in [0, 0.05) is 10.2 Å². The third kappa shape index (κ3) is 3.59. The Bertz CT molecular complexity index is 722. The van der Waals surface area contributed by atoms with E-state index in [1.54, 1.807) is 23.6 Å². The monoisotopic (exact) mass is 375 g/mol. The van der Waals surface area contributed by atoms with Crippen LogP contribution in [0.1, 0.15) is 5.56 Å². The summed E-state index contributed by atoms with van der Waals surface area (Å²) in [6, 6.07) is 7.90. The van der Waals surface area contributed by atoms with Crippen LogP contribution >= 0.6 is 27.3 Å². The summed E-state index contributed by atoms with van der Waals surface area (Å²) in [7, 11) is -3.63. The highest BCUT2D eigenvalue weighted by Crippen LogP contribution is 2.29. The average molecular weight is 376 g/mol. The highest BCUT2D eigenvalue weighted by Gasteiger charge is 2.19. The van der Waals surface area contributed by atoms with Crippen LogP contribution in [-0.4, -0.2) is 19.5 Å². The number of hydrogen-bond acceptors (Lipinski definition) is 4. The topological polar surface area (TPSA) is 83.5 Å². The number of rotatable bonds is 5. The van der Waals surface area contributed by atoms with Crippen molar-refractivity contribution < 1.29 is 18.3 Å². The molecule has 106 valence electrons. The van der Waals surface area contributed by atoms with Crippen molar-refractivity contribution in [2.45, 2.75) is 10.6 Å². The standard InChI is InChI=1S/C12H10BrNO4S2/c13-10-5-6-19-12(10)20(17,18)14-9-3-1-8(2-4-9)7-11(15)16/h1-6,14H,7H2,(H,15,16). The lowest BCUT2D eigenvalue weighted by Gasteiger charge is -2.07. The summed E-state index contributed by atoms with van der Waals surface area (Å²) in [5.74, 6) is -0.930. The number of carboxylic acids is 1. The van der Waals surface area contributed by atoms with Gasteiger partial charge in [-0.3, -0.25) is 9.52 Å². The van der Waals surface area contributed by atoms with Gasteiger partial charge in [0.2, 0.25) is 0 Å². The van der Waals surface area contributed by atoms with E-state index in [4.69, 9.17) is 5.11 Å². The number of halogens is 1. The molecule has 0 unspecified atom stereocenters. The van der Waals surface area contributed by atoms with Crippen LogP contribution in [0.4, 0.5) is 5.69 Å². The summed E-state index contributed by atoms with van der Waals surface area (Å²) < 4.78 is 27.4. The van der Waals surface area contributed by atoms with Gasteiger partial charge >= 0.3 is 5.97 Å². The van der Waals surface area contributed by atoms with E-state index in [0.29, 0.717) is 15.7 Å². The summed E-state index contributed by atoms with van der Waals surface area (Å²) >= 11 is 4.29. The second kappa shape index (κ2) is 5.94. The minimum atomic E-state index is -3.63. The number of anilines is 1. The Labute approximate surface area is 128 Å². The molecule has 0 atom stereocenters. The Morgan fingerprint density at radius 2 is 1.90 bits per heavy atom. The van der Waals surface area contributed by atoms with Gasteiger partial charge in [-0.2, -0.15) is 0 Å². The number of hydrogen-bond donors (Lipinski definition) is 2. The Hall–Kier alpha value is -1.38. The van der Waals surface area contributed by atoms with Gasteiger partial charge in [-0.1, -0.05) is 12.1 Å². The molecule has 2 N–H and O–H groups in total. The zero-order valence-corrected chi connectivity index (χ0v) is 13.3. The molecule has 2 aromatic rings. The fraction of sp³-hybridized carbons (Fsp3) is 0.0833. The molecule has 1 aromatic carbocycles. The average Bonchev–Trinajstić information content (AvgIpc) is 2.78. The van der Waals surface area contributed by atoms with Crippen LogP contribution in [0.25, 0.3) is 0 Å². The highest BCUT2D eigenvalue weighted by atomic mass is 79.9. The van der Waals surface area contributed by atoms with Crippen LogP contribution in [0.2, 0.25) is 0 Å². The van der Waals surface area contributed by atoms with E-state index in [-0.39, 0.29) is 10.6 Å². The number of thiophene rings is 1. The maximum absolute atomic E-state index is 12.1. The molecular formula is C12H10BrNO4S2. The van der Waals surface area contributed by atoms with Crippen LogP contribution in [0.3, 0.4) is 0 Å². The number of aliphatic carboxylic acids is 1. The van der Waals surface area contributed by atoms with Crippen LogP contribution in [0.15, 0.2) is 44.4 Å². The molecule has 20 heavy (non-hydrogen) atoms. The third-order valence-corrected chi connectivity index (χ3v) is 6.44. The van der Waals surface area contributed by atoms with Crippen molar-refractivity contribution in [1.29, 1.82) is 0 Å². The normalized spacial score (nSPS) is 11.2. The largest absolute Gasteiger partial charge is 0.481 e. The van der Waals surface area contributed by atoms with E-state index in [0.717, 1.165) is 11.3 Å². The molecule has 8 heteroatoms. The third-order valence-electron chi connectivity index (χ3n) is 2.39. The molecule has 5 nitrogen and oxygen atoms in total. The van der Waals surface area contributed by atoms with Crippen molar-refractivity contribution in [2.75, 3.05) is 4.72 Å². The maximum Gasteiger partial charge on any atom is 0.307 e. The fourth-order valence-electron chi connectivity index (χ4n) is 1.54. The molecule has 0 spiro atoms. The minimum absolute atomic E-state index is 0.0937. The first kappa shape index (κ1) is 15.0. The summed E-state index contributed by atoms with van der Waals surface area (Å²) in [6.07, 6.45) is -0.0937. The molecule has 0 saturated heterocycles. The first-order chi connectivity index (χ1) is 9.38. The highest BCUT2D eigenvalue weighted by molar-refractivity contribution is 9.10. The van der Waals surface area contributed by atoms with Gasteiger partial charge in [-0.15, -0.1) is 11.3 Å². The molecule has 1 heterocycles. The number of carboxylic acid groups (broad SMARTS) is 1. The molecule has 2 rings (SSSR count). The molecule has 0 bridgehead atoms. The Morgan fingerprint density at radius 3 is 2.40 bits per heavy atom. The Morgan fingerprint density at radius 1 is 1.25 bits per heavy atom. The van der Waals surface area contributed by atoms with Crippen molar-refractivity contribution in [3.8, 4) is 0 Å². The summed E-state index contributed by atoms with van der Waals surface area (Å²) in [5.41, 5.74) is 0.997. The van der Waals surface area contributed by atoms with Crippen molar-refractivity contribution in [2.24, 2.45) is 0 Å². The van der Waals surface area contributed by atoms with Gasteiger partial charge in [0.25, 0.3) is 10.0 Å². The Kier molecular flexibility index (Phi) is 4.46. The van der Waals surface area contributed by atoms with Gasteiger partial charge < -0.3 is 5.11 Å². The number of benzene rings is 1. The lowest BCUT2D eigenvalue weighted by Crippen LogP contribution is -2.12. The van der Waals surface area contributed by atoms with Gasteiger partial charge in [0.15, 0.2) is 4.21 Å². The summed E-state index contributed by atoms with van der Waals surface area (Å²) in [4.78, 5) is 10.6. The molecular weight excluding hydrogens is 366 g/mol. The number of carbonyl (C=O) groups is 1. The van der Waals surface area contributed by atoms with Crippen molar-refractivity contribution in [3.05, 3.63) is 45.7 Å². The van der Waals surface area contributed by atoms with Crippen molar-refractivity contribution in [1.82, 2.24) is 0 Å². The predicted molar refractivity (Wildman–Crippen MR) is 80.6 cm³/mol. The first-order valence-electron chi connectivity index (χ1n) is 5.45. The second-order valence-corrected chi connectivity index (χ2v) is 7.58. The van der Waals surface area contributed by atoms with Crippen LogP contribution in [0, 0.1) is 0 Å². The second-order valence-electron chi connectivity index (χ2n) is 3.93. The van der Waals surface area contributed by atoms with Crippen molar-refractivity contribution >= 4 is 48.9 Å². The SMILES string of the molecule is O=C(O)Cc1ccc(NS(=O)(=O)c2sccc2Br)cc1.